The van der Waals surface area contributed by atoms with Crippen LogP contribution in [0.2, 0.25) is 0 Å². The first-order chi connectivity index (χ1) is 16.8. The number of hydrogen-bond donors (Lipinski definition) is 1. The number of aryl methyl sites for hydroxylation is 1. The fourth-order valence-electron chi connectivity index (χ4n) is 4.74. The largest absolute Gasteiger partial charge is 0.494 e. The predicted octanol–water partition coefficient (Wildman–Crippen LogP) is 7.27. The van der Waals surface area contributed by atoms with Gasteiger partial charge in [-0.05, 0) is 80.1 Å². The van der Waals surface area contributed by atoms with E-state index in [0.717, 1.165) is 53.2 Å². The van der Waals surface area contributed by atoms with Crippen LogP contribution in [-0.2, 0) is 12.8 Å². The maximum atomic E-state index is 6.02. The number of nitrogens with zero attached hydrogens (tertiary/aromatic N) is 2. The second-order valence-corrected chi connectivity index (χ2v) is 9.81. The third kappa shape index (κ3) is 4.24. The van der Waals surface area contributed by atoms with Crippen LogP contribution in [0.25, 0.3) is 31.7 Å². The molecule has 2 heterocycles. The molecule has 6 rings (SSSR count). The van der Waals surface area contributed by atoms with Gasteiger partial charge in [-0.2, -0.15) is 0 Å². The molecule has 0 atom stereocenters. The van der Waals surface area contributed by atoms with Gasteiger partial charge in [0.15, 0.2) is 0 Å². The minimum atomic E-state index is 0.679. The van der Waals surface area contributed by atoms with E-state index in [0.29, 0.717) is 6.61 Å². The second-order valence-electron chi connectivity index (χ2n) is 8.78. The van der Waals surface area contributed by atoms with Crippen LogP contribution in [-0.4, -0.2) is 23.1 Å². The first-order valence-corrected chi connectivity index (χ1v) is 12.9. The standard InChI is InChI=1S/C29H27N3OS/c1-3-10-24-22(8-1)28(23-9-2-4-11-25(23)31-24)30-18-7-19-33-21-16-14-20(15-17-21)29-32-26-12-5-6-13-27(26)34-29/h1,3,5-6,8,10,12-17H,2,4,7,9,11,18-19H2,(H,30,31). The molecule has 0 amide bonds. The Morgan fingerprint density at radius 3 is 2.50 bits per heavy atom. The summed E-state index contributed by atoms with van der Waals surface area (Å²) in [5.74, 6) is 0.900. The van der Waals surface area contributed by atoms with E-state index in [2.05, 4.69) is 59.9 Å². The number of pyridine rings is 1. The first-order valence-electron chi connectivity index (χ1n) is 12.1. The molecule has 1 N–H and O–H groups in total. The lowest BCUT2D eigenvalue weighted by Crippen LogP contribution is -2.13. The number of aromatic nitrogens is 2. The number of hydrogen-bond acceptors (Lipinski definition) is 5. The number of thiazole rings is 1. The summed E-state index contributed by atoms with van der Waals surface area (Å²) in [5, 5.41) is 6.00. The van der Waals surface area contributed by atoms with Crippen molar-refractivity contribution in [2.45, 2.75) is 32.1 Å². The van der Waals surface area contributed by atoms with Crippen LogP contribution in [0.5, 0.6) is 5.75 Å². The molecule has 0 spiro atoms. The zero-order valence-electron chi connectivity index (χ0n) is 19.1. The SMILES string of the molecule is c1ccc2sc(-c3ccc(OCCCNc4c5c(nc6ccccc46)CCCC5)cc3)nc2c1. The van der Waals surface area contributed by atoms with Crippen molar-refractivity contribution in [2.24, 2.45) is 0 Å². The lowest BCUT2D eigenvalue weighted by molar-refractivity contribution is 0.315. The zero-order chi connectivity index (χ0) is 22.7. The second kappa shape index (κ2) is 9.43. The normalized spacial score (nSPS) is 13.2. The van der Waals surface area contributed by atoms with Crippen molar-refractivity contribution in [2.75, 3.05) is 18.5 Å². The van der Waals surface area contributed by atoms with Crippen molar-refractivity contribution in [1.29, 1.82) is 0 Å². The van der Waals surface area contributed by atoms with E-state index < -0.39 is 0 Å². The lowest BCUT2D eigenvalue weighted by atomic mass is 9.92. The average molecular weight is 466 g/mol. The quantitative estimate of drug-likeness (QED) is 0.257. The first kappa shape index (κ1) is 21.1. The molecule has 1 aliphatic carbocycles. The molecule has 0 unspecified atom stereocenters. The molecular weight excluding hydrogens is 438 g/mol. The van der Waals surface area contributed by atoms with Gasteiger partial charge in [-0.1, -0.05) is 30.3 Å². The van der Waals surface area contributed by atoms with Gasteiger partial charge in [-0.25, -0.2) is 4.98 Å². The van der Waals surface area contributed by atoms with Gasteiger partial charge in [0.2, 0.25) is 0 Å². The van der Waals surface area contributed by atoms with Gasteiger partial charge in [0.05, 0.1) is 22.3 Å². The molecule has 5 heteroatoms. The highest BCUT2D eigenvalue weighted by Gasteiger charge is 2.17. The number of nitrogens with one attached hydrogen (secondary N) is 1. The van der Waals surface area contributed by atoms with Gasteiger partial charge in [0.25, 0.3) is 0 Å². The Labute approximate surface area is 203 Å². The van der Waals surface area contributed by atoms with E-state index in [9.17, 15) is 0 Å². The molecule has 5 aromatic rings. The highest BCUT2D eigenvalue weighted by atomic mass is 32.1. The fraction of sp³-hybridized carbons (Fsp3) is 0.241. The summed E-state index contributed by atoms with van der Waals surface area (Å²) in [6.07, 6.45) is 5.63. The Balaban J connectivity index is 1.07. The minimum Gasteiger partial charge on any atom is -0.494 e. The summed E-state index contributed by atoms with van der Waals surface area (Å²) in [5.41, 5.74) is 7.24. The number of benzene rings is 3. The molecular formula is C29H27N3OS. The summed E-state index contributed by atoms with van der Waals surface area (Å²) in [4.78, 5) is 9.68. The molecule has 3 aromatic carbocycles. The lowest BCUT2D eigenvalue weighted by Gasteiger charge is -2.21. The van der Waals surface area contributed by atoms with Gasteiger partial charge in [-0.3, -0.25) is 4.98 Å². The third-order valence-electron chi connectivity index (χ3n) is 6.46. The molecule has 0 bridgehead atoms. The summed E-state index contributed by atoms with van der Waals surface area (Å²) in [6.45, 7) is 1.56. The third-order valence-corrected chi connectivity index (χ3v) is 7.54. The van der Waals surface area contributed by atoms with Crippen molar-refractivity contribution < 1.29 is 4.74 Å². The maximum Gasteiger partial charge on any atom is 0.124 e. The zero-order valence-corrected chi connectivity index (χ0v) is 19.9. The molecule has 34 heavy (non-hydrogen) atoms. The summed E-state index contributed by atoms with van der Waals surface area (Å²) in [6, 6.07) is 25.0. The molecule has 1 aliphatic rings. The Morgan fingerprint density at radius 1 is 0.824 bits per heavy atom. The number of para-hydroxylation sites is 2. The van der Waals surface area contributed by atoms with Crippen LogP contribution in [0.15, 0.2) is 72.8 Å². The highest BCUT2D eigenvalue weighted by molar-refractivity contribution is 7.21. The molecule has 0 radical (unpaired) electrons. The number of anilines is 1. The maximum absolute atomic E-state index is 6.02. The van der Waals surface area contributed by atoms with E-state index in [1.54, 1.807) is 11.3 Å². The van der Waals surface area contributed by atoms with E-state index in [4.69, 9.17) is 14.7 Å². The summed E-state index contributed by atoms with van der Waals surface area (Å²) >= 11 is 1.72. The Hall–Kier alpha value is -3.44. The minimum absolute atomic E-state index is 0.679. The van der Waals surface area contributed by atoms with Crippen LogP contribution in [0.3, 0.4) is 0 Å². The predicted molar refractivity (Wildman–Crippen MR) is 142 cm³/mol. The highest BCUT2D eigenvalue weighted by Crippen LogP contribution is 2.33. The Morgan fingerprint density at radius 2 is 1.62 bits per heavy atom. The van der Waals surface area contributed by atoms with Crippen molar-refractivity contribution in [1.82, 2.24) is 9.97 Å². The number of ether oxygens (including phenoxy) is 1. The Bertz CT molecular complexity index is 1410. The smallest absolute Gasteiger partial charge is 0.124 e. The van der Waals surface area contributed by atoms with Crippen LogP contribution < -0.4 is 10.1 Å². The summed E-state index contributed by atoms with van der Waals surface area (Å²) < 4.78 is 7.24. The fourth-order valence-corrected chi connectivity index (χ4v) is 5.71. The average Bonchev–Trinajstić information content (AvgIpc) is 3.33. The molecule has 0 aliphatic heterocycles. The monoisotopic (exact) mass is 465 g/mol. The van der Waals surface area contributed by atoms with E-state index in [-0.39, 0.29) is 0 Å². The van der Waals surface area contributed by atoms with Gasteiger partial charge < -0.3 is 10.1 Å². The number of rotatable bonds is 7. The molecule has 0 saturated heterocycles. The van der Waals surface area contributed by atoms with E-state index >= 15 is 0 Å². The topological polar surface area (TPSA) is 47.0 Å². The Kier molecular flexibility index (Phi) is 5.86. The van der Waals surface area contributed by atoms with Crippen molar-refractivity contribution in [3.8, 4) is 16.3 Å². The van der Waals surface area contributed by atoms with E-state index in [1.165, 1.54) is 39.9 Å². The van der Waals surface area contributed by atoms with Gasteiger partial charge in [0.1, 0.15) is 10.8 Å². The van der Waals surface area contributed by atoms with Crippen LogP contribution >= 0.6 is 11.3 Å². The van der Waals surface area contributed by atoms with Crippen molar-refractivity contribution in [3.63, 3.8) is 0 Å². The van der Waals surface area contributed by atoms with Crippen molar-refractivity contribution in [3.05, 3.63) is 84.1 Å². The van der Waals surface area contributed by atoms with Crippen LogP contribution in [0, 0.1) is 0 Å². The summed E-state index contributed by atoms with van der Waals surface area (Å²) in [7, 11) is 0. The van der Waals surface area contributed by atoms with Gasteiger partial charge in [0, 0.05) is 28.9 Å². The molecule has 170 valence electrons. The number of fused-ring (bicyclic) bond motifs is 3. The van der Waals surface area contributed by atoms with Crippen LogP contribution in [0.4, 0.5) is 5.69 Å². The van der Waals surface area contributed by atoms with Crippen molar-refractivity contribution >= 4 is 38.1 Å². The van der Waals surface area contributed by atoms with E-state index in [1.807, 2.05) is 18.2 Å². The van der Waals surface area contributed by atoms with Gasteiger partial charge >= 0.3 is 0 Å². The van der Waals surface area contributed by atoms with Crippen LogP contribution in [0.1, 0.15) is 30.5 Å². The van der Waals surface area contributed by atoms with Gasteiger partial charge in [-0.15, -0.1) is 11.3 Å². The molecule has 0 fully saturated rings. The molecule has 0 saturated carbocycles. The molecule has 2 aromatic heterocycles. The molecule has 4 nitrogen and oxygen atoms in total.